The lowest BCUT2D eigenvalue weighted by atomic mass is 9.86. The number of carbonyl (C=O) groups excluding carboxylic acids is 2. The van der Waals surface area contributed by atoms with Crippen LogP contribution in [0, 0.1) is 0 Å². The Kier molecular flexibility index (Phi) is 11.8. The quantitative estimate of drug-likeness (QED) is 0.191. The maximum Gasteiger partial charge on any atom is 0.347 e. The molecule has 0 aromatic heterocycles. The molecular formula is C32H28Cl4O6. The number of ether oxygens (including phenoxy) is 2. The van der Waals surface area contributed by atoms with E-state index in [-0.39, 0.29) is 13.2 Å². The van der Waals surface area contributed by atoms with Gasteiger partial charge in [0.25, 0.3) is 0 Å². The molecule has 2 N–H and O–H groups in total. The fourth-order valence-electron chi connectivity index (χ4n) is 4.04. The molecule has 0 radical (unpaired) electrons. The van der Waals surface area contributed by atoms with Crippen LogP contribution in [0.3, 0.4) is 0 Å². The van der Waals surface area contributed by atoms with Gasteiger partial charge in [0.05, 0.1) is 13.2 Å². The van der Waals surface area contributed by atoms with E-state index in [1.54, 1.807) is 111 Å². The number of rotatable bonds is 8. The first kappa shape index (κ1) is 33.4. The van der Waals surface area contributed by atoms with Crippen LogP contribution in [0.4, 0.5) is 0 Å². The minimum absolute atomic E-state index is 0.169. The van der Waals surface area contributed by atoms with Crippen LogP contribution in [-0.2, 0) is 30.3 Å². The third kappa shape index (κ3) is 7.64. The Bertz CT molecular complexity index is 1270. The molecule has 0 atom stereocenters. The molecule has 0 heterocycles. The molecule has 0 saturated heterocycles. The Hall–Kier alpha value is -3.10. The number of benzene rings is 4. The number of carbonyl (C=O) groups is 2. The predicted octanol–water partition coefficient (Wildman–Crippen LogP) is 7.58. The van der Waals surface area contributed by atoms with Gasteiger partial charge in [0.15, 0.2) is 0 Å². The molecule has 0 fully saturated rings. The summed E-state index contributed by atoms with van der Waals surface area (Å²) >= 11 is 23.4. The van der Waals surface area contributed by atoms with Crippen molar-refractivity contribution in [1.82, 2.24) is 0 Å². The highest BCUT2D eigenvalue weighted by Crippen LogP contribution is 2.34. The number of hydrogen-bond donors (Lipinski definition) is 2. The fourth-order valence-corrected chi connectivity index (χ4v) is 4.54. The van der Waals surface area contributed by atoms with E-state index in [4.69, 9.17) is 55.9 Å². The van der Waals surface area contributed by atoms with Gasteiger partial charge in [-0.2, -0.15) is 0 Å². The molecule has 0 aliphatic rings. The molecule has 4 aromatic carbocycles. The zero-order valence-electron chi connectivity index (χ0n) is 22.7. The smallest absolute Gasteiger partial charge is 0.347 e. The van der Waals surface area contributed by atoms with Crippen molar-refractivity contribution in [3.63, 3.8) is 0 Å². The zero-order chi connectivity index (χ0) is 30.9. The number of aliphatic hydroxyl groups is 2. The molecule has 0 aliphatic carbocycles. The highest BCUT2D eigenvalue weighted by molar-refractivity contribution is 6.31. The van der Waals surface area contributed by atoms with Crippen LogP contribution in [-0.4, -0.2) is 35.4 Å². The van der Waals surface area contributed by atoms with Crippen LogP contribution >= 0.6 is 46.4 Å². The first-order chi connectivity index (χ1) is 20.0. The summed E-state index contributed by atoms with van der Waals surface area (Å²) in [6.45, 7) is 3.70. The second kappa shape index (κ2) is 14.9. The highest BCUT2D eigenvalue weighted by Gasteiger charge is 2.42. The summed E-state index contributed by atoms with van der Waals surface area (Å²) in [7, 11) is 0. The lowest BCUT2D eigenvalue weighted by Gasteiger charge is -2.27. The Morgan fingerprint density at radius 1 is 0.500 bits per heavy atom. The van der Waals surface area contributed by atoms with Gasteiger partial charge in [0.2, 0.25) is 11.2 Å². The summed E-state index contributed by atoms with van der Waals surface area (Å²) in [5, 5.41) is 24.0. The lowest BCUT2D eigenvalue weighted by Crippen LogP contribution is -2.38. The predicted molar refractivity (Wildman–Crippen MR) is 165 cm³/mol. The molecule has 0 unspecified atom stereocenters. The molecule has 42 heavy (non-hydrogen) atoms. The largest absolute Gasteiger partial charge is 0.463 e. The maximum atomic E-state index is 12.3. The van der Waals surface area contributed by atoms with E-state index >= 15 is 0 Å². The summed E-state index contributed by atoms with van der Waals surface area (Å²) in [4.78, 5) is 24.6. The number of halogens is 4. The van der Waals surface area contributed by atoms with Gasteiger partial charge in [-0.3, -0.25) is 0 Å². The first-order valence-electron chi connectivity index (χ1n) is 12.8. The molecule has 4 rings (SSSR count). The van der Waals surface area contributed by atoms with Crippen LogP contribution in [0.5, 0.6) is 0 Å². The Labute approximate surface area is 264 Å². The molecule has 0 bridgehead atoms. The minimum atomic E-state index is -1.90. The van der Waals surface area contributed by atoms with Crippen molar-refractivity contribution in [3.8, 4) is 0 Å². The van der Waals surface area contributed by atoms with Gasteiger partial charge in [0.1, 0.15) is 0 Å². The SMILES string of the molecule is CCOC(=O)C(O)(c1ccc(Cl)cc1)c1ccc(Cl)cc1.CCOC(=O)C(O)(c1ccc(Cl)cc1)c1ccc(Cl)cc1. The molecule has 0 saturated carbocycles. The average molecular weight is 650 g/mol. The molecule has 0 amide bonds. The summed E-state index contributed by atoms with van der Waals surface area (Å²) < 4.78 is 10.0. The van der Waals surface area contributed by atoms with Crippen LogP contribution < -0.4 is 0 Å². The summed E-state index contributed by atoms with van der Waals surface area (Å²) in [5.41, 5.74) is -2.27. The van der Waals surface area contributed by atoms with E-state index in [9.17, 15) is 19.8 Å². The number of esters is 2. The Morgan fingerprint density at radius 3 is 0.857 bits per heavy atom. The normalized spacial score (nSPS) is 11.2. The Balaban J connectivity index is 0.000000230. The zero-order valence-corrected chi connectivity index (χ0v) is 25.7. The summed E-state index contributed by atoms with van der Waals surface area (Å²) in [6, 6.07) is 25.6. The van der Waals surface area contributed by atoms with Crippen molar-refractivity contribution in [1.29, 1.82) is 0 Å². The first-order valence-corrected chi connectivity index (χ1v) is 14.3. The third-order valence-electron chi connectivity index (χ3n) is 6.19. The van der Waals surface area contributed by atoms with E-state index in [1.807, 2.05) is 0 Å². The van der Waals surface area contributed by atoms with Crippen LogP contribution in [0.15, 0.2) is 97.1 Å². The van der Waals surface area contributed by atoms with Gasteiger partial charge in [-0.15, -0.1) is 0 Å². The lowest BCUT2D eigenvalue weighted by molar-refractivity contribution is -0.162. The van der Waals surface area contributed by atoms with Gasteiger partial charge in [-0.05, 0) is 84.6 Å². The van der Waals surface area contributed by atoms with Gasteiger partial charge in [0, 0.05) is 20.1 Å². The third-order valence-corrected chi connectivity index (χ3v) is 7.20. The van der Waals surface area contributed by atoms with Crippen LogP contribution in [0.2, 0.25) is 20.1 Å². The second-order valence-corrected chi connectivity index (χ2v) is 10.6. The van der Waals surface area contributed by atoms with Crippen molar-refractivity contribution in [2.24, 2.45) is 0 Å². The van der Waals surface area contributed by atoms with Crippen molar-refractivity contribution in [2.75, 3.05) is 13.2 Å². The molecular weight excluding hydrogens is 622 g/mol. The molecule has 0 spiro atoms. The van der Waals surface area contributed by atoms with Crippen molar-refractivity contribution >= 4 is 58.3 Å². The van der Waals surface area contributed by atoms with Gasteiger partial charge < -0.3 is 19.7 Å². The van der Waals surface area contributed by atoms with Gasteiger partial charge in [-0.1, -0.05) is 94.9 Å². The van der Waals surface area contributed by atoms with Crippen LogP contribution in [0.25, 0.3) is 0 Å². The summed E-state index contributed by atoms with van der Waals surface area (Å²) in [6.07, 6.45) is 0. The second-order valence-electron chi connectivity index (χ2n) is 8.89. The topological polar surface area (TPSA) is 93.1 Å². The molecule has 4 aromatic rings. The van der Waals surface area contributed by atoms with Crippen molar-refractivity contribution in [3.05, 3.63) is 139 Å². The van der Waals surface area contributed by atoms with Gasteiger partial charge in [-0.25, -0.2) is 9.59 Å². The van der Waals surface area contributed by atoms with E-state index in [1.165, 1.54) is 0 Å². The number of hydrogen-bond acceptors (Lipinski definition) is 6. The molecule has 220 valence electrons. The van der Waals surface area contributed by atoms with E-state index < -0.39 is 23.1 Å². The van der Waals surface area contributed by atoms with Crippen molar-refractivity contribution in [2.45, 2.75) is 25.0 Å². The van der Waals surface area contributed by atoms with Crippen LogP contribution in [0.1, 0.15) is 36.1 Å². The standard InChI is InChI=1S/2C16H14Cl2O3/c2*1-2-21-15(19)16(20,11-3-7-13(17)8-4-11)12-5-9-14(18)10-6-12/h2*3-10,20H,2H2,1H3. The molecule has 0 aliphatic heterocycles. The highest BCUT2D eigenvalue weighted by atomic mass is 35.5. The maximum absolute atomic E-state index is 12.3. The molecule has 6 nitrogen and oxygen atoms in total. The summed E-state index contributed by atoms with van der Waals surface area (Å²) in [5.74, 6) is -1.48. The minimum Gasteiger partial charge on any atom is -0.463 e. The average Bonchev–Trinajstić information content (AvgIpc) is 2.98. The van der Waals surface area contributed by atoms with E-state index in [0.717, 1.165) is 0 Å². The Morgan fingerprint density at radius 2 is 0.690 bits per heavy atom. The molecule has 10 heteroatoms. The van der Waals surface area contributed by atoms with Gasteiger partial charge >= 0.3 is 11.9 Å². The monoisotopic (exact) mass is 648 g/mol. The van der Waals surface area contributed by atoms with E-state index in [2.05, 4.69) is 0 Å². The van der Waals surface area contributed by atoms with E-state index in [0.29, 0.717) is 42.3 Å². The fraction of sp³-hybridized carbons (Fsp3) is 0.188. The van der Waals surface area contributed by atoms with Crippen molar-refractivity contribution < 1.29 is 29.3 Å².